The maximum Gasteiger partial charge on any atom is 0.254 e. The molecule has 3 aliphatic rings. The van der Waals surface area contributed by atoms with E-state index in [4.69, 9.17) is 0 Å². The first-order valence-corrected chi connectivity index (χ1v) is 13.3. The van der Waals surface area contributed by atoms with Gasteiger partial charge in [0.15, 0.2) is 0 Å². The van der Waals surface area contributed by atoms with Crippen molar-refractivity contribution in [3.8, 4) is 11.1 Å². The molecule has 2 aromatic rings. The first-order valence-electron chi connectivity index (χ1n) is 13.3. The first-order chi connectivity index (χ1) is 17.0. The highest BCUT2D eigenvalue weighted by molar-refractivity contribution is 5.95. The fraction of sp³-hybridized carbons (Fsp3) is 0.517. The average molecular weight is 475 g/mol. The molecule has 2 N–H and O–H groups in total. The van der Waals surface area contributed by atoms with E-state index in [1.54, 1.807) is 0 Å². The van der Waals surface area contributed by atoms with Crippen molar-refractivity contribution < 1.29 is 9.59 Å². The molecule has 0 bridgehead atoms. The Morgan fingerprint density at radius 2 is 1.71 bits per heavy atom. The minimum Gasteiger partial charge on any atom is -0.339 e. The summed E-state index contributed by atoms with van der Waals surface area (Å²) in [6.07, 6.45) is 5.38. The molecule has 0 aromatic heterocycles. The van der Waals surface area contributed by atoms with Crippen LogP contribution in [0.4, 0.5) is 0 Å². The Bertz CT molecular complexity index is 1020. The standard InChI is InChI=1S/C29H38N4O2/c1-3-26(27-30-25-12-8-7-11-24(25)28(34)31-27)32-17-18-33(20(2)19-32)29(35)23-15-13-22(14-16-23)21-9-5-4-6-10-21/h4-6,9-10,13-16,20,24-27,30H,3,7-8,11-12,17-19H2,1-2H3,(H,31,34). The van der Waals surface area contributed by atoms with E-state index in [0.29, 0.717) is 12.6 Å². The van der Waals surface area contributed by atoms with Gasteiger partial charge < -0.3 is 10.2 Å². The van der Waals surface area contributed by atoms with E-state index in [2.05, 4.69) is 41.5 Å². The molecule has 5 unspecified atom stereocenters. The molecule has 5 atom stereocenters. The monoisotopic (exact) mass is 474 g/mol. The van der Waals surface area contributed by atoms with Gasteiger partial charge in [-0.2, -0.15) is 0 Å². The second kappa shape index (κ2) is 10.5. The Hall–Kier alpha value is -2.70. The number of rotatable bonds is 5. The van der Waals surface area contributed by atoms with Crippen molar-refractivity contribution in [2.45, 2.75) is 70.2 Å². The van der Waals surface area contributed by atoms with Crippen LogP contribution < -0.4 is 10.6 Å². The summed E-state index contributed by atoms with van der Waals surface area (Å²) in [5, 5.41) is 7.06. The molecule has 1 saturated carbocycles. The van der Waals surface area contributed by atoms with Crippen molar-refractivity contribution in [3.63, 3.8) is 0 Å². The van der Waals surface area contributed by atoms with Crippen LogP contribution in [-0.2, 0) is 4.79 Å². The van der Waals surface area contributed by atoms with Crippen LogP contribution >= 0.6 is 0 Å². The summed E-state index contributed by atoms with van der Waals surface area (Å²) in [6, 6.07) is 18.8. The highest BCUT2D eigenvalue weighted by atomic mass is 16.2. The minimum absolute atomic E-state index is 0.0215. The van der Waals surface area contributed by atoms with E-state index in [1.807, 2.05) is 47.4 Å². The topological polar surface area (TPSA) is 64.7 Å². The summed E-state index contributed by atoms with van der Waals surface area (Å²) in [5.74, 6) is 0.441. The predicted molar refractivity (Wildman–Crippen MR) is 139 cm³/mol. The lowest BCUT2D eigenvalue weighted by atomic mass is 9.81. The van der Waals surface area contributed by atoms with E-state index in [0.717, 1.165) is 55.5 Å². The van der Waals surface area contributed by atoms with Gasteiger partial charge >= 0.3 is 0 Å². The zero-order valence-electron chi connectivity index (χ0n) is 21.0. The third-order valence-corrected chi connectivity index (χ3v) is 8.22. The van der Waals surface area contributed by atoms with Gasteiger partial charge in [0, 0.05) is 43.3 Å². The lowest BCUT2D eigenvalue weighted by Crippen LogP contribution is -2.70. The largest absolute Gasteiger partial charge is 0.339 e. The quantitative estimate of drug-likeness (QED) is 0.690. The third-order valence-electron chi connectivity index (χ3n) is 8.22. The highest BCUT2D eigenvalue weighted by Crippen LogP contribution is 2.29. The number of carbonyl (C=O) groups excluding carboxylic acids is 2. The van der Waals surface area contributed by atoms with Gasteiger partial charge in [0.25, 0.3) is 5.91 Å². The summed E-state index contributed by atoms with van der Waals surface area (Å²) in [4.78, 5) is 30.6. The number of hydrogen-bond donors (Lipinski definition) is 2. The minimum atomic E-state index is -0.0215. The molecule has 35 heavy (non-hydrogen) atoms. The molecule has 186 valence electrons. The molecule has 2 amide bonds. The van der Waals surface area contributed by atoms with Crippen LogP contribution in [0.1, 0.15) is 56.3 Å². The van der Waals surface area contributed by atoms with E-state index in [9.17, 15) is 9.59 Å². The molecular formula is C29H38N4O2. The van der Waals surface area contributed by atoms with Crippen LogP contribution in [0.3, 0.4) is 0 Å². The Kier molecular flexibility index (Phi) is 7.21. The Morgan fingerprint density at radius 3 is 2.43 bits per heavy atom. The molecule has 1 aliphatic carbocycles. The zero-order valence-corrected chi connectivity index (χ0v) is 21.0. The summed E-state index contributed by atoms with van der Waals surface area (Å²) in [7, 11) is 0. The molecule has 6 heteroatoms. The summed E-state index contributed by atoms with van der Waals surface area (Å²) >= 11 is 0. The van der Waals surface area contributed by atoms with Gasteiger partial charge in [0.05, 0.1) is 12.1 Å². The number of nitrogens with zero attached hydrogens (tertiary/aromatic N) is 2. The van der Waals surface area contributed by atoms with Crippen LogP contribution in [0.15, 0.2) is 54.6 Å². The number of fused-ring (bicyclic) bond motifs is 1. The zero-order chi connectivity index (χ0) is 24.4. The lowest BCUT2D eigenvalue weighted by molar-refractivity contribution is -0.132. The number of hydrogen-bond acceptors (Lipinski definition) is 4. The van der Waals surface area contributed by atoms with Gasteiger partial charge in [-0.1, -0.05) is 62.2 Å². The Labute approximate surface area is 209 Å². The SMILES string of the molecule is CCC(C1NC(=O)C2CCCCC2N1)N1CCN(C(=O)c2ccc(-c3ccccc3)cc2)C(C)C1. The summed E-state index contributed by atoms with van der Waals surface area (Å²) in [6.45, 7) is 6.66. The van der Waals surface area contributed by atoms with E-state index < -0.39 is 0 Å². The lowest BCUT2D eigenvalue weighted by Gasteiger charge is -2.48. The molecule has 0 spiro atoms. The molecule has 2 saturated heterocycles. The number of amides is 2. The fourth-order valence-electron chi connectivity index (χ4n) is 6.28. The molecule has 3 fully saturated rings. The van der Waals surface area contributed by atoms with Crippen molar-refractivity contribution in [3.05, 3.63) is 60.2 Å². The van der Waals surface area contributed by atoms with Gasteiger partial charge in [-0.05, 0) is 49.4 Å². The molecule has 5 rings (SSSR count). The van der Waals surface area contributed by atoms with E-state index in [-0.39, 0.29) is 36.0 Å². The van der Waals surface area contributed by atoms with Crippen LogP contribution in [0.2, 0.25) is 0 Å². The van der Waals surface area contributed by atoms with Crippen LogP contribution in [0, 0.1) is 5.92 Å². The molecule has 2 aromatic carbocycles. The van der Waals surface area contributed by atoms with E-state index in [1.165, 1.54) is 6.42 Å². The van der Waals surface area contributed by atoms with Crippen molar-refractivity contribution in [1.82, 2.24) is 20.4 Å². The number of benzene rings is 2. The van der Waals surface area contributed by atoms with Gasteiger partial charge in [0.1, 0.15) is 0 Å². The second-order valence-corrected chi connectivity index (χ2v) is 10.4. The normalized spacial score (nSPS) is 28.2. The van der Waals surface area contributed by atoms with Crippen molar-refractivity contribution in [2.24, 2.45) is 5.92 Å². The fourth-order valence-corrected chi connectivity index (χ4v) is 6.28. The molecule has 2 heterocycles. The second-order valence-electron chi connectivity index (χ2n) is 10.4. The summed E-state index contributed by atoms with van der Waals surface area (Å²) < 4.78 is 0. The first kappa shape index (κ1) is 24.0. The van der Waals surface area contributed by atoms with Crippen molar-refractivity contribution in [2.75, 3.05) is 19.6 Å². The van der Waals surface area contributed by atoms with Gasteiger partial charge in [-0.3, -0.25) is 19.8 Å². The molecule has 6 nitrogen and oxygen atoms in total. The number of piperazine rings is 1. The predicted octanol–water partition coefficient (Wildman–Crippen LogP) is 3.88. The molecule has 2 aliphatic heterocycles. The average Bonchev–Trinajstić information content (AvgIpc) is 2.89. The van der Waals surface area contributed by atoms with Crippen LogP contribution in [0.25, 0.3) is 11.1 Å². The third kappa shape index (κ3) is 5.00. The molecule has 0 radical (unpaired) electrons. The van der Waals surface area contributed by atoms with Gasteiger partial charge in [-0.15, -0.1) is 0 Å². The smallest absolute Gasteiger partial charge is 0.254 e. The number of nitrogens with one attached hydrogen (secondary N) is 2. The summed E-state index contributed by atoms with van der Waals surface area (Å²) in [5.41, 5.74) is 3.01. The van der Waals surface area contributed by atoms with E-state index >= 15 is 0 Å². The maximum atomic E-state index is 13.3. The van der Waals surface area contributed by atoms with Gasteiger partial charge in [-0.25, -0.2) is 0 Å². The van der Waals surface area contributed by atoms with Crippen LogP contribution in [-0.4, -0.2) is 65.5 Å². The maximum absolute atomic E-state index is 13.3. The Morgan fingerprint density at radius 1 is 1.00 bits per heavy atom. The van der Waals surface area contributed by atoms with Crippen LogP contribution in [0.5, 0.6) is 0 Å². The number of carbonyl (C=O) groups is 2. The van der Waals surface area contributed by atoms with Crippen molar-refractivity contribution >= 4 is 11.8 Å². The van der Waals surface area contributed by atoms with Crippen molar-refractivity contribution in [1.29, 1.82) is 0 Å². The highest BCUT2D eigenvalue weighted by Gasteiger charge is 2.42. The van der Waals surface area contributed by atoms with Gasteiger partial charge in [0.2, 0.25) is 5.91 Å². The Balaban J connectivity index is 1.22. The molecular weight excluding hydrogens is 436 g/mol.